The fourth-order valence-corrected chi connectivity index (χ4v) is 5.88. The summed E-state index contributed by atoms with van der Waals surface area (Å²) in [5.41, 5.74) is 0. The molecule has 3 aromatic rings. The minimum atomic E-state index is -4.71. The number of hydrogen-bond donors (Lipinski definition) is 1. The predicted molar refractivity (Wildman–Crippen MR) is 85.9 cm³/mol. The molecule has 0 radical (unpaired) electrons. The van der Waals surface area contributed by atoms with E-state index in [1.165, 1.54) is 0 Å². The van der Waals surface area contributed by atoms with Gasteiger partial charge >= 0.3 is 0 Å². The van der Waals surface area contributed by atoms with Crippen LogP contribution in [0.1, 0.15) is 0 Å². The van der Waals surface area contributed by atoms with Crippen LogP contribution in [0.25, 0.3) is 0 Å². The first kappa shape index (κ1) is 18.2. The number of rotatable bonds is 3. The van der Waals surface area contributed by atoms with Crippen LogP contribution in [-0.2, 0) is 0 Å². The van der Waals surface area contributed by atoms with E-state index in [4.69, 9.17) is 0 Å². The molecule has 134 valence electrons. The van der Waals surface area contributed by atoms with Crippen molar-refractivity contribution in [3.05, 3.63) is 89.5 Å². The maximum Gasteiger partial charge on any atom is 0.294 e. The molecule has 1 N–H and O–H groups in total. The molecule has 0 aliphatic rings. The Morgan fingerprint density at radius 2 is 0.769 bits per heavy atom. The minimum Gasteiger partial charge on any atom is -0.421 e. The van der Waals surface area contributed by atoms with Gasteiger partial charge in [-0.2, -0.15) is 0 Å². The van der Waals surface area contributed by atoms with Crippen molar-refractivity contribution >= 4 is 23.9 Å². The Kier molecular flexibility index (Phi) is 4.64. The van der Waals surface area contributed by atoms with Gasteiger partial charge in [0.1, 0.15) is 34.9 Å². The van der Waals surface area contributed by atoms with Gasteiger partial charge in [-0.25, -0.2) is 26.3 Å². The second-order valence-electron chi connectivity index (χ2n) is 5.58. The highest BCUT2D eigenvalue weighted by Crippen LogP contribution is 2.14. The molecule has 8 heteroatoms. The van der Waals surface area contributed by atoms with Gasteiger partial charge in [0.2, 0.25) is 0 Å². The summed E-state index contributed by atoms with van der Waals surface area (Å²) in [6.07, 6.45) is 0. The lowest BCUT2D eigenvalue weighted by Crippen LogP contribution is -2.70. The van der Waals surface area contributed by atoms with Crippen LogP contribution in [-0.4, -0.2) is 13.1 Å². The largest absolute Gasteiger partial charge is 0.421 e. The highest BCUT2D eigenvalue weighted by molar-refractivity contribution is 7.06. The van der Waals surface area contributed by atoms with E-state index in [0.29, 0.717) is 18.2 Å². The average Bonchev–Trinajstić information content (AvgIpc) is 2.54. The molecule has 0 amide bonds. The Balaban J connectivity index is 2.38. The van der Waals surface area contributed by atoms with E-state index in [1.54, 1.807) is 0 Å². The summed E-state index contributed by atoms with van der Waals surface area (Å²) in [6.45, 7) is 0. The smallest absolute Gasteiger partial charge is 0.294 e. The fraction of sp³-hybridized carbons (Fsp3) is 0. The molecular weight excluding hydrogens is 374 g/mol. The zero-order chi connectivity index (χ0) is 19.1. The van der Waals surface area contributed by atoms with Gasteiger partial charge in [-0.3, -0.25) is 0 Å². The Morgan fingerprint density at radius 3 is 1.00 bits per heavy atom. The first-order chi connectivity index (χ1) is 12.2. The number of benzene rings is 3. The monoisotopic (exact) mass is 384 g/mol. The summed E-state index contributed by atoms with van der Waals surface area (Å²) in [6, 6.07) is 6.41. The Labute approximate surface area is 145 Å². The molecule has 1 nitrogen and oxygen atoms in total. The lowest BCUT2D eigenvalue weighted by atomic mass is 10.3. The zero-order valence-electron chi connectivity index (χ0n) is 12.9. The first-order valence-electron chi connectivity index (χ1n) is 7.32. The maximum absolute atomic E-state index is 14.4. The average molecular weight is 384 g/mol. The van der Waals surface area contributed by atoms with E-state index in [2.05, 4.69) is 0 Å². The van der Waals surface area contributed by atoms with E-state index in [9.17, 15) is 31.1 Å². The standard InChI is InChI=1S/C18H10F6OSi/c19-10-1-4-16(13(22)7-10)26(25,17-5-2-11(20)8-14(17)23)18-6-3-12(21)9-15(18)24/h1-9,25H. The van der Waals surface area contributed by atoms with E-state index < -0.39 is 58.8 Å². The van der Waals surface area contributed by atoms with Crippen molar-refractivity contribution in [1.29, 1.82) is 0 Å². The summed E-state index contributed by atoms with van der Waals surface area (Å²) >= 11 is 0. The third-order valence-electron chi connectivity index (χ3n) is 3.96. The van der Waals surface area contributed by atoms with Gasteiger partial charge in [0, 0.05) is 33.8 Å². The third kappa shape index (κ3) is 3.01. The molecule has 0 aromatic heterocycles. The molecule has 0 aliphatic heterocycles. The molecule has 26 heavy (non-hydrogen) atoms. The molecule has 3 aromatic carbocycles. The maximum atomic E-state index is 14.4. The lowest BCUT2D eigenvalue weighted by Gasteiger charge is -2.28. The fourth-order valence-electron chi connectivity index (χ4n) is 2.78. The van der Waals surface area contributed by atoms with Crippen molar-refractivity contribution < 1.29 is 31.1 Å². The van der Waals surface area contributed by atoms with E-state index >= 15 is 0 Å². The number of hydrogen-bond acceptors (Lipinski definition) is 1. The summed E-state index contributed by atoms with van der Waals surface area (Å²) in [7, 11) is -4.71. The van der Waals surface area contributed by atoms with Gasteiger partial charge in [-0.15, -0.1) is 0 Å². The first-order valence-corrected chi connectivity index (χ1v) is 9.27. The SMILES string of the molecule is O[Si](c1ccc(F)cc1F)(c1ccc(F)cc1F)c1ccc(F)cc1F. The van der Waals surface area contributed by atoms with Gasteiger partial charge in [-0.1, -0.05) is 18.2 Å². The summed E-state index contributed by atoms with van der Waals surface area (Å²) in [5.74, 6) is -6.56. The van der Waals surface area contributed by atoms with Crippen LogP contribution in [0.15, 0.2) is 54.6 Å². The van der Waals surface area contributed by atoms with Crippen LogP contribution < -0.4 is 15.6 Å². The normalized spacial score (nSPS) is 11.7. The summed E-state index contributed by atoms with van der Waals surface area (Å²) < 4.78 is 82.9. The second kappa shape index (κ2) is 6.62. The van der Waals surface area contributed by atoms with Crippen molar-refractivity contribution in [1.82, 2.24) is 0 Å². The molecule has 0 fully saturated rings. The molecule has 0 bridgehead atoms. The van der Waals surface area contributed by atoms with Crippen LogP contribution in [0.2, 0.25) is 0 Å². The predicted octanol–water partition coefficient (Wildman–Crippen LogP) is 2.48. The van der Waals surface area contributed by atoms with Crippen molar-refractivity contribution in [3.8, 4) is 0 Å². The molecular formula is C18H10F6OSi. The Hall–Kier alpha value is -2.58. The molecule has 3 rings (SSSR count). The number of halogens is 6. The van der Waals surface area contributed by atoms with Gasteiger partial charge in [0.15, 0.2) is 0 Å². The van der Waals surface area contributed by atoms with Gasteiger partial charge in [0.25, 0.3) is 8.32 Å². The molecule has 0 atom stereocenters. The molecule has 0 saturated carbocycles. The highest BCUT2D eigenvalue weighted by atomic mass is 28.4. The lowest BCUT2D eigenvalue weighted by molar-refractivity contribution is 0.550. The van der Waals surface area contributed by atoms with Gasteiger partial charge in [0.05, 0.1) is 0 Å². The van der Waals surface area contributed by atoms with Crippen LogP contribution in [0.4, 0.5) is 26.3 Å². The van der Waals surface area contributed by atoms with Crippen LogP contribution in [0, 0.1) is 34.9 Å². The Bertz CT molecular complexity index is 866. The quantitative estimate of drug-likeness (QED) is 0.418. The van der Waals surface area contributed by atoms with Crippen molar-refractivity contribution in [2.24, 2.45) is 0 Å². The van der Waals surface area contributed by atoms with Gasteiger partial charge < -0.3 is 4.80 Å². The molecule has 0 unspecified atom stereocenters. The van der Waals surface area contributed by atoms with Crippen LogP contribution >= 0.6 is 0 Å². The van der Waals surface area contributed by atoms with Crippen molar-refractivity contribution in [2.45, 2.75) is 0 Å². The van der Waals surface area contributed by atoms with Crippen LogP contribution in [0.5, 0.6) is 0 Å². The van der Waals surface area contributed by atoms with Crippen molar-refractivity contribution in [2.75, 3.05) is 0 Å². The minimum absolute atomic E-state index is 0.455. The van der Waals surface area contributed by atoms with Gasteiger partial charge in [-0.05, 0) is 18.2 Å². The topological polar surface area (TPSA) is 20.2 Å². The van der Waals surface area contributed by atoms with Crippen molar-refractivity contribution in [3.63, 3.8) is 0 Å². The molecule has 0 aliphatic carbocycles. The summed E-state index contributed by atoms with van der Waals surface area (Å²) in [4.78, 5) is 11.3. The zero-order valence-corrected chi connectivity index (χ0v) is 13.9. The third-order valence-corrected chi connectivity index (χ3v) is 7.52. The molecule has 0 spiro atoms. The second-order valence-corrected chi connectivity index (χ2v) is 8.62. The van der Waals surface area contributed by atoms with E-state index in [1.807, 2.05) is 0 Å². The van der Waals surface area contributed by atoms with E-state index in [-0.39, 0.29) is 0 Å². The van der Waals surface area contributed by atoms with E-state index in [0.717, 1.165) is 36.4 Å². The summed E-state index contributed by atoms with van der Waals surface area (Å²) in [5, 5.41) is -1.64. The molecule has 0 heterocycles. The highest BCUT2D eigenvalue weighted by Gasteiger charge is 2.45. The Morgan fingerprint density at radius 1 is 0.500 bits per heavy atom. The van der Waals surface area contributed by atoms with Crippen LogP contribution in [0.3, 0.4) is 0 Å². The molecule has 0 saturated heterocycles.